The van der Waals surface area contributed by atoms with Gasteiger partial charge in [0.2, 0.25) is 0 Å². The zero-order valence-electron chi connectivity index (χ0n) is 10.9. The van der Waals surface area contributed by atoms with Crippen LogP contribution in [0.3, 0.4) is 0 Å². The Hall–Kier alpha value is -1.33. The van der Waals surface area contributed by atoms with E-state index >= 15 is 0 Å². The third-order valence-electron chi connectivity index (χ3n) is 2.71. The van der Waals surface area contributed by atoms with Crippen molar-refractivity contribution in [3.63, 3.8) is 0 Å². The molecule has 0 bridgehead atoms. The monoisotopic (exact) mass is 326 g/mol. The number of nitrogens with one attached hydrogen (secondary N) is 1. The number of fused-ring (bicyclic) bond motifs is 1. The molecule has 0 fully saturated rings. The minimum atomic E-state index is -0.789. The van der Waals surface area contributed by atoms with Crippen molar-refractivity contribution in [3.05, 3.63) is 36.0 Å². The van der Waals surface area contributed by atoms with Gasteiger partial charge in [-0.05, 0) is 31.0 Å². The van der Waals surface area contributed by atoms with Crippen LogP contribution in [0.4, 0.5) is 0 Å². The molecule has 0 aliphatic carbocycles. The van der Waals surface area contributed by atoms with Gasteiger partial charge in [0.15, 0.2) is 0 Å². The number of H-pyrrole nitrogens is 1. The number of carboxylic acid groups (broad SMARTS) is 1. The molecule has 0 aliphatic rings. The van der Waals surface area contributed by atoms with Crippen molar-refractivity contribution in [2.24, 2.45) is 5.73 Å². The molecule has 0 spiro atoms. The lowest BCUT2D eigenvalue weighted by Crippen LogP contribution is -2.09. The Bertz CT molecular complexity index is 525. The van der Waals surface area contributed by atoms with Crippen LogP contribution in [0.5, 0.6) is 0 Å². The first kappa shape index (κ1) is 15.7. The lowest BCUT2D eigenvalue weighted by molar-refractivity contribution is -0.136. The second-order valence-corrected chi connectivity index (χ2v) is 5.22. The minimum absolute atomic E-state index is 0.368. The third kappa shape index (κ3) is 4.69. The van der Waals surface area contributed by atoms with Crippen molar-refractivity contribution in [3.8, 4) is 0 Å². The summed E-state index contributed by atoms with van der Waals surface area (Å²) >= 11 is 2.94. The summed E-state index contributed by atoms with van der Waals surface area (Å²) in [7, 11) is 0. The Labute approximate surface area is 121 Å². The summed E-state index contributed by atoms with van der Waals surface area (Å²) in [5.41, 5.74) is 8.01. The van der Waals surface area contributed by atoms with Crippen LogP contribution < -0.4 is 5.73 Å². The summed E-state index contributed by atoms with van der Waals surface area (Å²) in [5.74, 6) is -0.789. The van der Waals surface area contributed by atoms with Crippen LogP contribution in [-0.4, -0.2) is 27.4 Å². The summed E-state index contributed by atoms with van der Waals surface area (Å²) in [4.78, 5) is 12.7. The molecule has 1 heterocycles. The van der Waals surface area contributed by atoms with E-state index in [1.165, 1.54) is 16.5 Å². The fourth-order valence-corrected chi connectivity index (χ4v) is 1.67. The predicted molar refractivity (Wildman–Crippen MR) is 81.7 cm³/mol. The smallest absolute Gasteiger partial charge is 0.317 e. The van der Waals surface area contributed by atoms with E-state index in [9.17, 15) is 4.79 Å². The lowest BCUT2D eigenvalue weighted by Gasteiger charge is -1.94. The maximum Gasteiger partial charge on any atom is 0.317 e. The Morgan fingerprint density at radius 2 is 2.16 bits per heavy atom. The van der Waals surface area contributed by atoms with Gasteiger partial charge in [0.25, 0.3) is 0 Å². The molecule has 1 unspecified atom stereocenters. The number of aromatic nitrogens is 1. The number of alkyl halides is 1. The van der Waals surface area contributed by atoms with Gasteiger partial charge >= 0.3 is 5.97 Å². The molecule has 0 radical (unpaired) electrons. The highest BCUT2D eigenvalue weighted by Gasteiger charge is 2.07. The molecule has 19 heavy (non-hydrogen) atoms. The fourth-order valence-electron chi connectivity index (χ4n) is 1.67. The predicted octanol–water partition coefficient (Wildman–Crippen LogP) is 2.91. The zero-order valence-corrected chi connectivity index (χ0v) is 12.5. The molecule has 2 aromatic rings. The summed E-state index contributed by atoms with van der Waals surface area (Å²) in [6.07, 6.45) is 3.62. The summed E-state index contributed by atoms with van der Waals surface area (Å²) in [6, 6.07) is 8.29. The third-order valence-corrected chi connectivity index (χ3v) is 3.75. The van der Waals surface area contributed by atoms with Crippen molar-refractivity contribution in [1.29, 1.82) is 0 Å². The first-order valence-corrected chi connectivity index (χ1v) is 7.13. The van der Waals surface area contributed by atoms with Crippen molar-refractivity contribution < 1.29 is 9.90 Å². The zero-order chi connectivity index (χ0) is 14.3. The normalized spacial score (nSPS) is 11.7. The number of halogens is 1. The molecule has 1 aromatic heterocycles. The van der Waals surface area contributed by atoms with E-state index in [1.807, 2.05) is 19.2 Å². The Morgan fingerprint density at radius 1 is 1.47 bits per heavy atom. The summed E-state index contributed by atoms with van der Waals surface area (Å²) in [6.45, 7) is 2.52. The van der Waals surface area contributed by atoms with Crippen LogP contribution in [0, 0.1) is 0 Å². The molecule has 0 amide bonds. The van der Waals surface area contributed by atoms with E-state index in [0.29, 0.717) is 13.0 Å². The fraction of sp³-hybridized carbons (Fsp3) is 0.357. The molecule has 2 rings (SSSR count). The van der Waals surface area contributed by atoms with Gasteiger partial charge in [-0.1, -0.05) is 41.1 Å². The van der Waals surface area contributed by atoms with Crippen molar-refractivity contribution >= 4 is 32.8 Å². The average molecular weight is 327 g/mol. The number of carboxylic acids is 1. The molecular formula is C14H19BrN2O2. The van der Waals surface area contributed by atoms with E-state index in [0.717, 1.165) is 6.42 Å². The average Bonchev–Trinajstić information content (AvgIpc) is 2.82. The van der Waals surface area contributed by atoms with Gasteiger partial charge in [0, 0.05) is 17.1 Å². The minimum Gasteiger partial charge on any atom is -0.480 e. The molecule has 4 nitrogen and oxygen atoms in total. The van der Waals surface area contributed by atoms with Gasteiger partial charge in [-0.2, -0.15) is 0 Å². The molecule has 5 heteroatoms. The molecule has 104 valence electrons. The highest BCUT2D eigenvalue weighted by atomic mass is 79.9. The number of para-hydroxylation sites is 1. The van der Waals surface area contributed by atoms with Crippen LogP contribution in [0.25, 0.3) is 10.9 Å². The number of aliphatic carboxylic acids is 1. The van der Waals surface area contributed by atoms with E-state index in [-0.39, 0.29) is 4.83 Å². The molecule has 0 aliphatic heterocycles. The van der Waals surface area contributed by atoms with E-state index in [1.54, 1.807) is 0 Å². The molecular weight excluding hydrogens is 308 g/mol. The van der Waals surface area contributed by atoms with Gasteiger partial charge in [-0.3, -0.25) is 4.79 Å². The van der Waals surface area contributed by atoms with E-state index in [4.69, 9.17) is 10.8 Å². The number of nitrogens with two attached hydrogens (primary N) is 1. The number of hydrogen-bond acceptors (Lipinski definition) is 2. The molecule has 0 saturated heterocycles. The summed E-state index contributed by atoms with van der Waals surface area (Å²) < 4.78 is 0. The number of aromatic amines is 1. The first-order chi connectivity index (χ1) is 9.10. The van der Waals surface area contributed by atoms with Crippen LogP contribution in [0.15, 0.2) is 30.5 Å². The Balaban J connectivity index is 0.000000224. The molecule has 1 atom stereocenters. The molecule has 0 saturated carbocycles. The van der Waals surface area contributed by atoms with Crippen LogP contribution in [0.1, 0.15) is 18.9 Å². The number of rotatable bonds is 4. The first-order valence-electron chi connectivity index (χ1n) is 6.22. The van der Waals surface area contributed by atoms with Gasteiger partial charge in [0.05, 0.1) is 0 Å². The Kier molecular flexibility index (Phi) is 6.59. The van der Waals surface area contributed by atoms with Crippen LogP contribution >= 0.6 is 15.9 Å². The van der Waals surface area contributed by atoms with E-state index in [2.05, 4.69) is 39.1 Å². The maximum atomic E-state index is 9.88. The maximum absolute atomic E-state index is 9.88. The van der Waals surface area contributed by atoms with Crippen molar-refractivity contribution in [2.75, 3.05) is 6.54 Å². The van der Waals surface area contributed by atoms with Gasteiger partial charge in [-0.25, -0.2) is 0 Å². The second kappa shape index (κ2) is 7.96. The van der Waals surface area contributed by atoms with Crippen molar-refractivity contribution in [2.45, 2.75) is 24.6 Å². The Morgan fingerprint density at radius 3 is 2.68 bits per heavy atom. The summed E-state index contributed by atoms with van der Waals surface area (Å²) in [5, 5.41) is 9.43. The topological polar surface area (TPSA) is 79.1 Å². The lowest BCUT2D eigenvalue weighted by atomic mass is 10.1. The molecule has 4 N–H and O–H groups in total. The standard InChI is InChI=1S/C10H12N2.C4H7BrO2/c11-6-5-8-7-12-10-4-2-1-3-9(8)10;1-2-3(5)4(6)7/h1-4,7,12H,5-6,11H2;3H,2H2,1H3,(H,6,7). The van der Waals surface area contributed by atoms with Crippen molar-refractivity contribution in [1.82, 2.24) is 4.98 Å². The number of hydrogen-bond donors (Lipinski definition) is 3. The quantitative estimate of drug-likeness (QED) is 0.756. The van der Waals surface area contributed by atoms with Gasteiger partial charge < -0.3 is 15.8 Å². The van der Waals surface area contributed by atoms with Crippen LogP contribution in [0.2, 0.25) is 0 Å². The number of carbonyl (C=O) groups is 1. The largest absolute Gasteiger partial charge is 0.480 e. The highest BCUT2D eigenvalue weighted by molar-refractivity contribution is 9.10. The second-order valence-electron chi connectivity index (χ2n) is 4.11. The SMILES string of the molecule is CCC(Br)C(=O)O.NCCc1c[nH]c2ccccc12. The highest BCUT2D eigenvalue weighted by Crippen LogP contribution is 2.17. The van der Waals surface area contributed by atoms with Crippen LogP contribution in [-0.2, 0) is 11.2 Å². The van der Waals surface area contributed by atoms with E-state index < -0.39 is 5.97 Å². The van der Waals surface area contributed by atoms with Gasteiger partial charge in [-0.15, -0.1) is 0 Å². The molecule has 1 aromatic carbocycles. The number of benzene rings is 1. The van der Waals surface area contributed by atoms with Gasteiger partial charge in [0.1, 0.15) is 4.83 Å².